The minimum Gasteiger partial charge on any atom is -0.444 e. The summed E-state index contributed by atoms with van der Waals surface area (Å²) in [5.74, 6) is 0. The molecule has 0 aliphatic rings. The molecule has 0 fully saturated rings. The minimum absolute atomic E-state index is 0.0501. The van der Waals surface area contributed by atoms with Crippen molar-refractivity contribution in [3.05, 3.63) is 33.8 Å². The van der Waals surface area contributed by atoms with Crippen molar-refractivity contribution < 1.29 is 9.53 Å². The molecule has 118 valence electrons. The molecule has 1 amide bonds. The second-order valence-corrected chi connectivity index (χ2v) is 6.76. The molecule has 1 atom stereocenters. The Morgan fingerprint density at radius 3 is 2.57 bits per heavy atom. The highest BCUT2D eigenvalue weighted by Crippen LogP contribution is 2.20. The van der Waals surface area contributed by atoms with Gasteiger partial charge in [0.25, 0.3) is 0 Å². The van der Waals surface area contributed by atoms with Crippen molar-refractivity contribution in [2.45, 2.75) is 45.9 Å². The fourth-order valence-electron chi connectivity index (χ4n) is 1.65. The van der Waals surface area contributed by atoms with Crippen LogP contribution in [-0.4, -0.2) is 24.3 Å². The van der Waals surface area contributed by atoms with Crippen molar-refractivity contribution in [2.24, 2.45) is 0 Å². The molecule has 1 unspecified atom stereocenters. The van der Waals surface area contributed by atoms with Gasteiger partial charge in [-0.3, -0.25) is 0 Å². The fourth-order valence-corrected chi connectivity index (χ4v) is 2.12. The molecule has 0 saturated carbocycles. The highest BCUT2D eigenvalue weighted by Gasteiger charge is 2.17. The van der Waals surface area contributed by atoms with Crippen LogP contribution in [0.3, 0.4) is 0 Å². The second-order valence-electron chi connectivity index (χ2n) is 5.91. The molecule has 2 N–H and O–H groups in total. The topological polar surface area (TPSA) is 50.4 Å². The Balaban J connectivity index is 2.33. The predicted octanol–water partition coefficient (Wildman–Crippen LogP) is 4.00. The van der Waals surface area contributed by atoms with Gasteiger partial charge in [0, 0.05) is 29.2 Å². The van der Waals surface area contributed by atoms with E-state index in [9.17, 15) is 4.79 Å². The van der Waals surface area contributed by atoms with E-state index in [1.54, 1.807) is 12.1 Å². The first kappa shape index (κ1) is 18.1. The number of alkyl carbamates (subject to hydrolysis) is 1. The van der Waals surface area contributed by atoms with Crippen LogP contribution in [0.2, 0.25) is 10.0 Å². The van der Waals surface area contributed by atoms with Crippen molar-refractivity contribution >= 4 is 29.3 Å². The van der Waals surface area contributed by atoms with Crippen LogP contribution in [-0.2, 0) is 11.3 Å². The maximum absolute atomic E-state index is 11.6. The molecule has 21 heavy (non-hydrogen) atoms. The van der Waals surface area contributed by atoms with Crippen LogP contribution in [0.5, 0.6) is 0 Å². The normalized spacial score (nSPS) is 12.9. The van der Waals surface area contributed by atoms with Crippen molar-refractivity contribution in [3.8, 4) is 0 Å². The minimum atomic E-state index is -0.492. The largest absolute Gasteiger partial charge is 0.444 e. The summed E-state index contributed by atoms with van der Waals surface area (Å²) < 4.78 is 5.19. The highest BCUT2D eigenvalue weighted by molar-refractivity contribution is 6.35. The third-order valence-corrected chi connectivity index (χ3v) is 3.13. The first-order chi connectivity index (χ1) is 9.67. The van der Waals surface area contributed by atoms with Crippen LogP contribution < -0.4 is 10.6 Å². The standard InChI is InChI=1S/C15H22Cl2N2O2/c1-10(19-14(20)21-15(2,3)4)8-18-9-11-5-6-12(16)7-13(11)17/h5-7,10,18H,8-9H2,1-4H3,(H,19,20). The third-order valence-electron chi connectivity index (χ3n) is 2.54. The number of benzene rings is 1. The van der Waals surface area contributed by atoms with Gasteiger partial charge in [0.15, 0.2) is 0 Å². The van der Waals surface area contributed by atoms with E-state index in [2.05, 4.69) is 10.6 Å². The number of ether oxygens (including phenoxy) is 1. The molecular weight excluding hydrogens is 311 g/mol. The first-order valence-corrected chi connectivity index (χ1v) is 7.57. The van der Waals surface area contributed by atoms with Gasteiger partial charge in [0.1, 0.15) is 5.60 Å². The summed E-state index contributed by atoms with van der Waals surface area (Å²) in [4.78, 5) is 11.6. The summed E-state index contributed by atoms with van der Waals surface area (Å²) in [6.07, 6.45) is -0.415. The van der Waals surface area contributed by atoms with Crippen LogP contribution in [0.25, 0.3) is 0 Å². The summed E-state index contributed by atoms with van der Waals surface area (Å²) in [7, 11) is 0. The van der Waals surface area contributed by atoms with E-state index >= 15 is 0 Å². The summed E-state index contributed by atoms with van der Waals surface area (Å²) >= 11 is 11.9. The average molecular weight is 333 g/mol. The fraction of sp³-hybridized carbons (Fsp3) is 0.533. The number of nitrogens with one attached hydrogen (secondary N) is 2. The molecule has 0 aliphatic heterocycles. The lowest BCUT2D eigenvalue weighted by Gasteiger charge is -2.22. The molecule has 4 nitrogen and oxygen atoms in total. The molecule has 1 aromatic carbocycles. The molecule has 0 spiro atoms. The van der Waals surface area contributed by atoms with E-state index in [1.165, 1.54) is 0 Å². The SMILES string of the molecule is CC(CNCc1ccc(Cl)cc1Cl)NC(=O)OC(C)(C)C. The van der Waals surface area contributed by atoms with Gasteiger partial charge in [0.2, 0.25) is 0 Å². The van der Waals surface area contributed by atoms with Gasteiger partial charge in [-0.2, -0.15) is 0 Å². The van der Waals surface area contributed by atoms with Crippen molar-refractivity contribution in [3.63, 3.8) is 0 Å². The molecule has 0 aromatic heterocycles. The van der Waals surface area contributed by atoms with Crippen LogP contribution in [0, 0.1) is 0 Å². The van der Waals surface area contributed by atoms with Gasteiger partial charge in [-0.15, -0.1) is 0 Å². The van der Waals surface area contributed by atoms with Crippen LogP contribution in [0.4, 0.5) is 4.79 Å². The lowest BCUT2D eigenvalue weighted by molar-refractivity contribution is 0.0508. The Bertz CT molecular complexity index is 487. The summed E-state index contributed by atoms with van der Waals surface area (Å²) in [5, 5.41) is 7.24. The number of carbonyl (C=O) groups is 1. The Morgan fingerprint density at radius 2 is 2.00 bits per heavy atom. The zero-order valence-electron chi connectivity index (χ0n) is 12.8. The van der Waals surface area contributed by atoms with Gasteiger partial charge in [0.05, 0.1) is 0 Å². The quantitative estimate of drug-likeness (QED) is 0.856. The zero-order chi connectivity index (χ0) is 16.0. The average Bonchev–Trinajstić information content (AvgIpc) is 2.29. The number of carbonyl (C=O) groups excluding carboxylic acids is 1. The number of amides is 1. The zero-order valence-corrected chi connectivity index (χ0v) is 14.3. The van der Waals surface area contributed by atoms with E-state index in [-0.39, 0.29) is 6.04 Å². The number of halogens is 2. The van der Waals surface area contributed by atoms with E-state index in [4.69, 9.17) is 27.9 Å². The summed E-state index contributed by atoms with van der Waals surface area (Å²) in [6.45, 7) is 8.61. The third kappa shape index (κ3) is 7.55. The second kappa shape index (κ2) is 7.87. The Hall–Kier alpha value is -0.970. The van der Waals surface area contributed by atoms with Crippen LogP contribution in [0.15, 0.2) is 18.2 Å². The predicted molar refractivity (Wildman–Crippen MR) is 87.0 cm³/mol. The van der Waals surface area contributed by atoms with Crippen LogP contribution >= 0.6 is 23.2 Å². The molecule has 1 aromatic rings. The molecule has 0 saturated heterocycles. The molecular formula is C15H22Cl2N2O2. The molecule has 6 heteroatoms. The van der Waals surface area contributed by atoms with Crippen molar-refractivity contribution in [1.29, 1.82) is 0 Å². The number of rotatable bonds is 5. The van der Waals surface area contributed by atoms with Gasteiger partial charge < -0.3 is 15.4 Å². The van der Waals surface area contributed by atoms with Crippen molar-refractivity contribution in [1.82, 2.24) is 10.6 Å². The van der Waals surface area contributed by atoms with Crippen molar-refractivity contribution in [2.75, 3.05) is 6.54 Å². The van der Waals surface area contributed by atoms with E-state index in [0.29, 0.717) is 23.1 Å². The lowest BCUT2D eigenvalue weighted by atomic mass is 10.2. The van der Waals surface area contributed by atoms with Gasteiger partial charge >= 0.3 is 6.09 Å². The van der Waals surface area contributed by atoms with E-state index in [0.717, 1.165) is 5.56 Å². The van der Waals surface area contributed by atoms with E-state index < -0.39 is 11.7 Å². The van der Waals surface area contributed by atoms with E-state index in [1.807, 2.05) is 33.8 Å². The smallest absolute Gasteiger partial charge is 0.407 e. The number of hydrogen-bond donors (Lipinski definition) is 2. The van der Waals surface area contributed by atoms with Crippen LogP contribution in [0.1, 0.15) is 33.3 Å². The summed E-state index contributed by atoms with van der Waals surface area (Å²) in [5.41, 5.74) is 0.471. The van der Waals surface area contributed by atoms with Gasteiger partial charge in [-0.25, -0.2) is 4.79 Å². The molecule has 0 heterocycles. The Labute approximate surface area is 136 Å². The van der Waals surface area contributed by atoms with Gasteiger partial charge in [-0.05, 0) is 45.4 Å². The molecule has 0 aliphatic carbocycles. The Kier molecular flexibility index (Phi) is 6.78. The monoisotopic (exact) mass is 332 g/mol. The maximum atomic E-state index is 11.6. The highest BCUT2D eigenvalue weighted by atomic mass is 35.5. The molecule has 0 bridgehead atoms. The first-order valence-electron chi connectivity index (χ1n) is 6.81. The molecule has 1 rings (SSSR count). The summed E-state index contributed by atoms with van der Waals surface area (Å²) in [6, 6.07) is 5.34. The number of hydrogen-bond acceptors (Lipinski definition) is 3. The Morgan fingerprint density at radius 1 is 1.33 bits per heavy atom. The lowest BCUT2D eigenvalue weighted by Crippen LogP contribution is -2.42. The maximum Gasteiger partial charge on any atom is 0.407 e. The molecule has 0 radical (unpaired) electrons. The van der Waals surface area contributed by atoms with Gasteiger partial charge in [-0.1, -0.05) is 29.3 Å².